The molecule has 0 radical (unpaired) electrons. The number of aryl methyl sites for hydroxylation is 2. The Morgan fingerprint density at radius 1 is 1.48 bits per heavy atom. The lowest BCUT2D eigenvalue weighted by molar-refractivity contribution is -0.384. The maximum Gasteiger partial charge on any atom is 0.329 e. The molecule has 2 rings (SSSR count). The molecule has 0 unspecified atom stereocenters. The summed E-state index contributed by atoms with van der Waals surface area (Å²) in [4.78, 5) is 18.4. The van der Waals surface area contributed by atoms with E-state index in [1.165, 1.54) is 6.20 Å². The number of nitro groups is 1. The number of nitrogens with zero attached hydrogens (tertiary/aromatic N) is 5. The molecular formula is C12H17N7O2. The number of aromatic nitrogens is 4. The number of anilines is 2. The van der Waals surface area contributed by atoms with E-state index in [9.17, 15) is 10.1 Å². The molecule has 0 saturated carbocycles. The van der Waals surface area contributed by atoms with Crippen molar-refractivity contribution in [1.29, 1.82) is 0 Å². The smallest absolute Gasteiger partial charge is 0.329 e. The standard InChI is InChI=1S/C12H17N7O2/c1-4-9-8(7-18(3)17-9)5-14-11-10(19(20)21)6-15-12(13-2)16-11/h6-7H,4-5H2,1-3H3,(H2,13,14,15,16). The number of nitrogens with one attached hydrogen (secondary N) is 2. The first kappa shape index (κ1) is 14.7. The second kappa shape index (κ2) is 6.16. The van der Waals surface area contributed by atoms with Gasteiger partial charge in [0.1, 0.15) is 6.20 Å². The maximum absolute atomic E-state index is 11.0. The topological polar surface area (TPSA) is 111 Å². The van der Waals surface area contributed by atoms with Crippen LogP contribution in [0.5, 0.6) is 0 Å². The van der Waals surface area contributed by atoms with E-state index in [-0.39, 0.29) is 11.5 Å². The first-order valence-corrected chi connectivity index (χ1v) is 6.49. The Hall–Kier alpha value is -2.71. The van der Waals surface area contributed by atoms with Crippen LogP contribution in [0.4, 0.5) is 17.5 Å². The van der Waals surface area contributed by atoms with Gasteiger partial charge in [-0.15, -0.1) is 0 Å². The molecule has 2 aromatic rings. The van der Waals surface area contributed by atoms with Crippen molar-refractivity contribution >= 4 is 17.5 Å². The summed E-state index contributed by atoms with van der Waals surface area (Å²) >= 11 is 0. The predicted octanol–water partition coefficient (Wildman–Crippen LogP) is 1.33. The third-order valence-corrected chi connectivity index (χ3v) is 2.96. The maximum atomic E-state index is 11.0. The minimum absolute atomic E-state index is 0.157. The Labute approximate surface area is 121 Å². The van der Waals surface area contributed by atoms with Crippen molar-refractivity contribution in [3.63, 3.8) is 0 Å². The van der Waals surface area contributed by atoms with Crippen LogP contribution in [0.15, 0.2) is 12.4 Å². The molecular weight excluding hydrogens is 274 g/mol. The van der Waals surface area contributed by atoms with Gasteiger partial charge in [-0.3, -0.25) is 14.8 Å². The molecule has 0 spiro atoms. The average molecular weight is 291 g/mol. The van der Waals surface area contributed by atoms with Gasteiger partial charge in [0, 0.05) is 32.4 Å². The van der Waals surface area contributed by atoms with E-state index in [0.29, 0.717) is 12.5 Å². The fraction of sp³-hybridized carbons (Fsp3) is 0.417. The Balaban J connectivity index is 2.23. The summed E-state index contributed by atoms with van der Waals surface area (Å²) < 4.78 is 1.73. The molecule has 0 fully saturated rings. The zero-order valence-electron chi connectivity index (χ0n) is 12.1. The minimum Gasteiger partial charge on any atom is -0.360 e. The molecule has 0 aromatic carbocycles. The van der Waals surface area contributed by atoms with Gasteiger partial charge in [0.15, 0.2) is 0 Å². The van der Waals surface area contributed by atoms with E-state index >= 15 is 0 Å². The highest BCUT2D eigenvalue weighted by Crippen LogP contribution is 2.22. The van der Waals surface area contributed by atoms with Crippen LogP contribution in [0.3, 0.4) is 0 Å². The van der Waals surface area contributed by atoms with E-state index in [1.807, 2.05) is 20.2 Å². The van der Waals surface area contributed by atoms with Crippen LogP contribution >= 0.6 is 0 Å². The molecule has 0 aliphatic rings. The number of rotatable bonds is 6. The van der Waals surface area contributed by atoms with Crippen LogP contribution in [0.25, 0.3) is 0 Å². The largest absolute Gasteiger partial charge is 0.360 e. The van der Waals surface area contributed by atoms with Crippen LogP contribution in [-0.2, 0) is 20.0 Å². The molecule has 2 heterocycles. The molecule has 2 aromatic heterocycles. The van der Waals surface area contributed by atoms with Gasteiger partial charge in [-0.25, -0.2) is 4.98 Å². The fourth-order valence-corrected chi connectivity index (χ4v) is 1.97. The molecule has 0 saturated heterocycles. The molecule has 0 aliphatic carbocycles. The predicted molar refractivity (Wildman–Crippen MR) is 78.1 cm³/mol. The lowest BCUT2D eigenvalue weighted by Crippen LogP contribution is -2.08. The second-order valence-corrected chi connectivity index (χ2v) is 4.42. The number of hydrogen-bond acceptors (Lipinski definition) is 7. The molecule has 0 atom stereocenters. The quantitative estimate of drug-likeness (QED) is 0.610. The van der Waals surface area contributed by atoms with Crippen molar-refractivity contribution in [3.8, 4) is 0 Å². The van der Waals surface area contributed by atoms with Gasteiger partial charge < -0.3 is 10.6 Å². The summed E-state index contributed by atoms with van der Waals surface area (Å²) in [5.41, 5.74) is 1.78. The van der Waals surface area contributed by atoms with Crippen molar-refractivity contribution in [2.24, 2.45) is 7.05 Å². The Kier molecular flexibility index (Phi) is 4.31. The van der Waals surface area contributed by atoms with Crippen LogP contribution in [0.2, 0.25) is 0 Å². The normalized spacial score (nSPS) is 10.4. The zero-order chi connectivity index (χ0) is 15.4. The van der Waals surface area contributed by atoms with Gasteiger partial charge in [0.2, 0.25) is 11.8 Å². The van der Waals surface area contributed by atoms with Crippen molar-refractivity contribution in [1.82, 2.24) is 19.7 Å². The highest BCUT2D eigenvalue weighted by atomic mass is 16.6. The summed E-state index contributed by atoms with van der Waals surface area (Å²) in [5, 5.41) is 21.1. The Morgan fingerprint density at radius 2 is 2.24 bits per heavy atom. The summed E-state index contributed by atoms with van der Waals surface area (Å²) in [6.45, 7) is 2.43. The first-order valence-electron chi connectivity index (χ1n) is 6.49. The van der Waals surface area contributed by atoms with Gasteiger partial charge >= 0.3 is 5.69 Å². The van der Waals surface area contributed by atoms with Crippen LogP contribution < -0.4 is 10.6 Å². The molecule has 9 nitrogen and oxygen atoms in total. The molecule has 112 valence electrons. The molecule has 0 aliphatic heterocycles. The van der Waals surface area contributed by atoms with Crippen molar-refractivity contribution in [3.05, 3.63) is 33.8 Å². The Bertz CT molecular complexity index is 653. The van der Waals surface area contributed by atoms with E-state index in [4.69, 9.17) is 0 Å². The third-order valence-electron chi connectivity index (χ3n) is 2.96. The van der Waals surface area contributed by atoms with Crippen LogP contribution in [0, 0.1) is 10.1 Å². The molecule has 9 heteroatoms. The lowest BCUT2D eigenvalue weighted by atomic mass is 10.2. The van der Waals surface area contributed by atoms with Crippen LogP contribution in [0.1, 0.15) is 18.2 Å². The molecule has 0 bridgehead atoms. The van der Waals surface area contributed by atoms with Gasteiger partial charge in [0.05, 0.1) is 10.6 Å². The summed E-state index contributed by atoms with van der Waals surface area (Å²) in [6.07, 6.45) is 3.87. The van der Waals surface area contributed by atoms with E-state index < -0.39 is 4.92 Å². The fourth-order valence-electron chi connectivity index (χ4n) is 1.97. The van der Waals surface area contributed by atoms with Gasteiger partial charge in [-0.1, -0.05) is 6.92 Å². The van der Waals surface area contributed by atoms with Crippen LogP contribution in [-0.4, -0.2) is 31.7 Å². The molecule has 21 heavy (non-hydrogen) atoms. The van der Waals surface area contributed by atoms with Crippen molar-refractivity contribution in [2.45, 2.75) is 19.9 Å². The zero-order valence-corrected chi connectivity index (χ0v) is 12.1. The SMILES string of the molecule is CCc1nn(C)cc1CNc1nc(NC)ncc1[N+](=O)[O-]. The first-order chi connectivity index (χ1) is 10.0. The van der Waals surface area contributed by atoms with E-state index in [2.05, 4.69) is 25.7 Å². The van der Waals surface area contributed by atoms with Gasteiger partial charge in [-0.05, 0) is 6.42 Å². The lowest BCUT2D eigenvalue weighted by Gasteiger charge is -2.07. The molecule has 0 amide bonds. The van der Waals surface area contributed by atoms with Crippen molar-refractivity contribution in [2.75, 3.05) is 17.7 Å². The monoisotopic (exact) mass is 291 g/mol. The minimum atomic E-state index is -0.508. The summed E-state index contributed by atoms with van der Waals surface area (Å²) in [5.74, 6) is 0.509. The van der Waals surface area contributed by atoms with Gasteiger partial charge in [0.25, 0.3) is 0 Å². The van der Waals surface area contributed by atoms with E-state index in [0.717, 1.165) is 17.7 Å². The summed E-state index contributed by atoms with van der Waals surface area (Å²) in [7, 11) is 3.50. The van der Waals surface area contributed by atoms with E-state index in [1.54, 1.807) is 11.7 Å². The summed E-state index contributed by atoms with van der Waals surface area (Å²) in [6, 6.07) is 0. The third kappa shape index (κ3) is 3.25. The highest BCUT2D eigenvalue weighted by molar-refractivity contribution is 5.57. The second-order valence-electron chi connectivity index (χ2n) is 4.42. The number of hydrogen-bond donors (Lipinski definition) is 2. The average Bonchev–Trinajstić information content (AvgIpc) is 2.84. The van der Waals surface area contributed by atoms with Gasteiger partial charge in [-0.2, -0.15) is 10.1 Å². The highest BCUT2D eigenvalue weighted by Gasteiger charge is 2.17. The molecule has 2 N–H and O–H groups in total. The van der Waals surface area contributed by atoms with Crippen molar-refractivity contribution < 1.29 is 4.92 Å². The Morgan fingerprint density at radius 3 is 2.86 bits per heavy atom.